The van der Waals surface area contributed by atoms with Gasteiger partial charge in [-0.15, -0.1) is 5.10 Å². The van der Waals surface area contributed by atoms with Crippen LogP contribution < -0.4 is 10.0 Å². The van der Waals surface area contributed by atoms with E-state index in [2.05, 4.69) is 25.2 Å². The summed E-state index contributed by atoms with van der Waals surface area (Å²) < 4.78 is 1.45. The van der Waals surface area contributed by atoms with Gasteiger partial charge < -0.3 is 14.8 Å². The van der Waals surface area contributed by atoms with E-state index in [4.69, 9.17) is 0 Å². The summed E-state index contributed by atoms with van der Waals surface area (Å²) in [7, 11) is 0. The molecule has 3 heterocycles. The summed E-state index contributed by atoms with van der Waals surface area (Å²) in [6.45, 7) is 4.43. The number of nitrogens with zero attached hydrogens (tertiary/aromatic N) is 6. The highest BCUT2D eigenvalue weighted by Gasteiger charge is 2.45. The van der Waals surface area contributed by atoms with Gasteiger partial charge in [0.15, 0.2) is 0 Å². The first-order chi connectivity index (χ1) is 10.6. The van der Waals surface area contributed by atoms with Crippen LogP contribution in [-0.4, -0.2) is 44.0 Å². The van der Waals surface area contributed by atoms with E-state index in [0.717, 1.165) is 42.1 Å². The van der Waals surface area contributed by atoms with E-state index >= 15 is 0 Å². The third-order valence-electron chi connectivity index (χ3n) is 4.41. The number of fused-ring (bicyclic) bond motifs is 1. The molecule has 114 valence electrons. The number of carbonyl (C=O) groups excluding carboxylic acids is 1. The minimum absolute atomic E-state index is 0.175. The number of hydrogen-bond acceptors (Lipinski definition) is 7. The van der Waals surface area contributed by atoms with Crippen molar-refractivity contribution < 1.29 is 9.90 Å². The van der Waals surface area contributed by atoms with Crippen molar-refractivity contribution in [2.45, 2.75) is 19.9 Å². The predicted molar refractivity (Wildman–Crippen MR) is 74.0 cm³/mol. The number of aromatic nitrogens is 5. The summed E-state index contributed by atoms with van der Waals surface area (Å²) >= 11 is 0. The number of carbonyl (C=O) groups is 1. The first-order valence-corrected chi connectivity index (χ1v) is 7.29. The highest BCUT2D eigenvalue weighted by Crippen LogP contribution is 2.45. The van der Waals surface area contributed by atoms with E-state index in [9.17, 15) is 9.90 Å². The summed E-state index contributed by atoms with van der Waals surface area (Å²) in [4.78, 5) is 21.9. The average Bonchev–Trinajstić information content (AvgIpc) is 2.89. The minimum atomic E-state index is -1.33. The van der Waals surface area contributed by atoms with E-state index in [1.165, 1.54) is 17.3 Å². The Morgan fingerprint density at radius 2 is 2.18 bits per heavy atom. The molecule has 0 radical (unpaired) electrons. The van der Waals surface area contributed by atoms with Crippen LogP contribution >= 0.6 is 0 Å². The van der Waals surface area contributed by atoms with Crippen molar-refractivity contribution in [2.24, 2.45) is 11.8 Å². The molecular formula is C14H15N6O2-. The van der Waals surface area contributed by atoms with Gasteiger partial charge in [-0.25, -0.2) is 14.6 Å². The molecule has 0 bridgehead atoms. The Balaban J connectivity index is 1.50. The van der Waals surface area contributed by atoms with Crippen molar-refractivity contribution in [1.29, 1.82) is 0 Å². The maximum Gasteiger partial charge on any atom is 0.225 e. The van der Waals surface area contributed by atoms with Gasteiger partial charge in [0.2, 0.25) is 5.95 Å². The number of aromatic carboxylic acids is 1. The van der Waals surface area contributed by atoms with Gasteiger partial charge in [0.05, 0.1) is 18.7 Å². The van der Waals surface area contributed by atoms with Gasteiger partial charge in [0.1, 0.15) is 5.69 Å². The lowest BCUT2D eigenvalue weighted by atomic mass is 10.2. The van der Waals surface area contributed by atoms with E-state index in [1.807, 2.05) is 6.92 Å². The Morgan fingerprint density at radius 1 is 1.41 bits per heavy atom. The molecule has 0 spiro atoms. The zero-order valence-corrected chi connectivity index (χ0v) is 12.1. The molecule has 2 unspecified atom stereocenters. The molecule has 1 saturated heterocycles. The van der Waals surface area contributed by atoms with Crippen LogP contribution in [0.2, 0.25) is 0 Å². The molecule has 8 nitrogen and oxygen atoms in total. The third-order valence-corrected chi connectivity index (χ3v) is 4.41. The monoisotopic (exact) mass is 299 g/mol. The van der Waals surface area contributed by atoms with Crippen LogP contribution in [0.15, 0.2) is 12.4 Å². The minimum Gasteiger partial charge on any atom is -0.543 e. The zero-order valence-electron chi connectivity index (χ0n) is 12.1. The van der Waals surface area contributed by atoms with Gasteiger partial charge in [-0.05, 0) is 25.2 Å². The average molecular weight is 299 g/mol. The largest absolute Gasteiger partial charge is 0.543 e. The maximum absolute atomic E-state index is 10.7. The number of hydrogen-bond donors (Lipinski definition) is 0. The molecule has 1 saturated carbocycles. The molecule has 2 aromatic heterocycles. The van der Waals surface area contributed by atoms with Crippen molar-refractivity contribution in [3.05, 3.63) is 29.3 Å². The lowest BCUT2D eigenvalue weighted by molar-refractivity contribution is -0.255. The molecule has 2 atom stereocenters. The second-order valence-corrected chi connectivity index (χ2v) is 6.03. The Morgan fingerprint density at radius 3 is 2.82 bits per heavy atom. The Hall–Kier alpha value is -2.51. The summed E-state index contributed by atoms with van der Waals surface area (Å²) in [5.74, 6) is 1.12. The van der Waals surface area contributed by atoms with Crippen LogP contribution in [0.5, 0.6) is 0 Å². The zero-order chi connectivity index (χ0) is 15.3. The van der Waals surface area contributed by atoms with Crippen LogP contribution in [0.25, 0.3) is 0 Å². The molecule has 0 amide bonds. The lowest BCUT2D eigenvalue weighted by Crippen LogP contribution is -2.24. The van der Waals surface area contributed by atoms with Crippen LogP contribution in [0.4, 0.5) is 5.95 Å². The smallest absolute Gasteiger partial charge is 0.225 e. The van der Waals surface area contributed by atoms with E-state index in [0.29, 0.717) is 6.54 Å². The first-order valence-electron chi connectivity index (χ1n) is 7.29. The number of carboxylic acid groups (broad SMARTS) is 1. The van der Waals surface area contributed by atoms with Crippen molar-refractivity contribution >= 4 is 11.9 Å². The topological polar surface area (TPSA) is 99.9 Å². The summed E-state index contributed by atoms with van der Waals surface area (Å²) in [6, 6.07) is 0. The number of piperidine rings is 1. The first kappa shape index (κ1) is 13.2. The molecule has 2 aliphatic rings. The number of aryl methyl sites for hydroxylation is 1. The Labute approximate surface area is 126 Å². The van der Waals surface area contributed by atoms with Crippen molar-refractivity contribution in [3.8, 4) is 0 Å². The molecule has 2 aromatic rings. The molecule has 2 fully saturated rings. The molecular weight excluding hydrogens is 284 g/mol. The second kappa shape index (κ2) is 4.75. The highest BCUT2D eigenvalue weighted by atomic mass is 16.4. The number of anilines is 1. The molecule has 1 aliphatic heterocycles. The summed E-state index contributed by atoms with van der Waals surface area (Å²) in [5.41, 5.74) is 1.59. The van der Waals surface area contributed by atoms with Crippen molar-refractivity contribution in [2.75, 3.05) is 18.0 Å². The molecule has 22 heavy (non-hydrogen) atoms. The normalized spacial score (nSPS) is 22.7. The van der Waals surface area contributed by atoms with Crippen LogP contribution in [0, 0.1) is 18.8 Å². The predicted octanol–water partition coefficient (Wildman–Crippen LogP) is -0.756. The fraction of sp³-hybridized carbons (Fsp3) is 0.500. The van der Waals surface area contributed by atoms with Gasteiger partial charge in [-0.1, -0.05) is 5.21 Å². The fourth-order valence-electron chi connectivity index (χ4n) is 2.99. The van der Waals surface area contributed by atoms with Crippen LogP contribution in [0.3, 0.4) is 0 Å². The molecule has 0 N–H and O–H groups in total. The van der Waals surface area contributed by atoms with Gasteiger partial charge in [0, 0.05) is 30.5 Å². The third kappa shape index (κ3) is 2.30. The van der Waals surface area contributed by atoms with E-state index in [-0.39, 0.29) is 5.69 Å². The van der Waals surface area contributed by atoms with Crippen LogP contribution in [-0.2, 0) is 6.54 Å². The fourth-order valence-corrected chi connectivity index (χ4v) is 2.99. The lowest BCUT2D eigenvalue weighted by Gasteiger charge is -2.18. The van der Waals surface area contributed by atoms with Crippen molar-refractivity contribution in [3.63, 3.8) is 0 Å². The van der Waals surface area contributed by atoms with Crippen LogP contribution in [0.1, 0.15) is 28.2 Å². The molecule has 0 aromatic carbocycles. The van der Waals surface area contributed by atoms with Crippen molar-refractivity contribution in [1.82, 2.24) is 25.0 Å². The standard InChI is InChI=1S/C14H16N6O2/c1-8-11(6-20-7-12(13(21)22)17-18-20)3-15-14(16-8)19-4-9-2-10(9)5-19/h3,7,9-10H,2,4-6H2,1H3,(H,21,22)/p-1. The van der Waals surface area contributed by atoms with E-state index < -0.39 is 5.97 Å². The maximum atomic E-state index is 10.7. The quantitative estimate of drug-likeness (QED) is 0.732. The highest BCUT2D eigenvalue weighted by molar-refractivity contribution is 5.82. The Kier molecular flexibility index (Phi) is 2.85. The molecule has 8 heteroatoms. The van der Waals surface area contributed by atoms with Gasteiger partial charge in [-0.2, -0.15) is 0 Å². The summed E-state index contributed by atoms with van der Waals surface area (Å²) in [6.07, 6.45) is 4.47. The van der Waals surface area contributed by atoms with Gasteiger partial charge in [-0.3, -0.25) is 0 Å². The second-order valence-electron chi connectivity index (χ2n) is 6.03. The molecule has 1 aliphatic carbocycles. The van der Waals surface area contributed by atoms with Gasteiger partial charge >= 0.3 is 0 Å². The van der Waals surface area contributed by atoms with E-state index in [1.54, 1.807) is 6.20 Å². The molecule has 4 rings (SSSR count). The number of carboxylic acids is 1. The SMILES string of the molecule is Cc1nc(N2CC3CC3C2)ncc1Cn1cc(C(=O)[O-])nn1. The number of rotatable bonds is 4. The Bertz CT molecular complexity index is 733. The van der Waals surface area contributed by atoms with Gasteiger partial charge in [0.25, 0.3) is 0 Å². The summed E-state index contributed by atoms with van der Waals surface area (Å²) in [5, 5.41) is 18.0.